The first-order chi connectivity index (χ1) is 10.3. The minimum atomic E-state index is 0.144. The molecule has 0 spiro atoms. The first kappa shape index (κ1) is 16.1. The molecule has 0 aromatic heterocycles. The predicted octanol–water partition coefficient (Wildman–Crippen LogP) is 4.94. The predicted molar refractivity (Wildman–Crippen MR) is 91.9 cm³/mol. The topological polar surface area (TPSA) is 21.3 Å². The van der Waals surface area contributed by atoms with Gasteiger partial charge in [-0.2, -0.15) is 0 Å². The molecule has 3 heteroatoms. The van der Waals surface area contributed by atoms with Crippen LogP contribution in [0.25, 0.3) is 0 Å². The molecule has 0 aliphatic heterocycles. The van der Waals surface area contributed by atoms with Crippen LogP contribution in [-0.4, -0.2) is 13.2 Å². The molecule has 0 amide bonds. The maximum atomic E-state index is 5.81. The van der Waals surface area contributed by atoms with Crippen molar-refractivity contribution >= 4 is 15.9 Å². The highest BCUT2D eigenvalue weighted by Gasteiger charge is 2.18. The van der Waals surface area contributed by atoms with Gasteiger partial charge < -0.3 is 10.1 Å². The summed E-state index contributed by atoms with van der Waals surface area (Å²) in [5.74, 6) is 0.943. The van der Waals surface area contributed by atoms with Crippen LogP contribution < -0.4 is 10.1 Å². The second-order valence-electron chi connectivity index (χ2n) is 4.91. The van der Waals surface area contributed by atoms with E-state index < -0.39 is 0 Å². The molecule has 112 valence electrons. The van der Waals surface area contributed by atoms with Crippen LogP contribution in [0, 0.1) is 0 Å². The number of hydrogen-bond acceptors (Lipinski definition) is 2. The van der Waals surface area contributed by atoms with Crippen LogP contribution >= 0.6 is 15.9 Å². The summed E-state index contributed by atoms with van der Waals surface area (Å²) in [5.41, 5.74) is 2.43. The molecule has 2 rings (SSSR count). The molecule has 0 heterocycles. The number of ether oxygens (including phenoxy) is 1. The van der Waals surface area contributed by atoms with Gasteiger partial charge >= 0.3 is 0 Å². The van der Waals surface area contributed by atoms with Crippen LogP contribution in [0.4, 0.5) is 0 Å². The van der Waals surface area contributed by atoms with Gasteiger partial charge in [-0.15, -0.1) is 0 Å². The van der Waals surface area contributed by atoms with E-state index in [1.807, 2.05) is 25.1 Å². The van der Waals surface area contributed by atoms with Crippen molar-refractivity contribution in [1.29, 1.82) is 0 Å². The number of hydrogen-bond donors (Lipinski definition) is 1. The normalized spacial score (nSPS) is 12.1. The molecule has 1 atom stereocenters. The Morgan fingerprint density at radius 3 is 2.52 bits per heavy atom. The molecule has 0 saturated heterocycles. The molecule has 0 bridgehead atoms. The summed E-state index contributed by atoms with van der Waals surface area (Å²) < 4.78 is 6.88. The standard InChI is InChI=1S/C18H22BrNO/c1-3-12-20-18(14-8-6-5-7-9-14)16-13-15(19)10-11-17(16)21-4-2/h5-11,13,18,20H,3-4,12H2,1-2H3. The Hall–Kier alpha value is -1.32. The smallest absolute Gasteiger partial charge is 0.124 e. The maximum Gasteiger partial charge on any atom is 0.124 e. The van der Waals surface area contributed by atoms with Crippen LogP contribution in [0.15, 0.2) is 53.0 Å². The highest BCUT2D eigenvalue weighted by molar-refractivity contribution is 9.10. The minimum absolute atomic E-state index is 0.144. The fourth-order valence-corrected chi connectivity index (χ4v) is 2.75. The van der Waals surface area contributed by atoms with Gasteiger partial charge in [0.05, 0.1) is 12.6 Å². The average Bonchev–Trinajstić information content (AvgIpc) is 2.51. The van der Waals surface area contributed by atoms with E-state index in [0.717, 1.165) is 23.2 Å². The Labute approximate surface area is 135 Å². The lowest BCUT2D eigenvalue weighted by atomic mass is 9.97. The van der Waals surface area contributed by atoms with E-state index in [-0.39, 0.29) is 6.04 Å². The summed E-state index contributed by atoms with van der Waals surface area (Å²) in [4.78, 5) is 0. The van der Waals surface area contributed by atoms with E-state index in [9.17, 15) is 0 Å². The maximum absolute atomic E-state index is 5.81. The third kappa shape index (κ3) is 4.32. The van der Waals surface area contributed by atoms with Gasteiger partial charge in [-0.1, -0.05) is 53.2 Å². The lowest BCUT2D eigenvalue weighted by Gasteiger charge is -2.22. The third-order valence-electron chi connectivity index (χ3n) is 3.31. The van der Waals surface area contributed by atoms with Crippen LogP contribution in [0.1, 0.15) is 37.4 Å². The van der Waals surface area contributed by atoms with Crippen molar-refractivity contribution in [1.82, 2.24) is 5.32 Å². The van der Waals surface area contributed by atoms with E-state index >= 15 is 0 Å². The lowest BCUT2D eigenvalue weighted by Crippen LogP contribution is -2.23. The molecule has 21 heavy (non-hydrogen) atoms. The van der Waals surface area contributed by atoms with Crippen molar-refractivity contribution in [2.24, 2.45) is 0 Å². The van der Waals surface area contributed by atoms with Crippen molar-refractivity contribution in [3.05, 3.63) is 64.1 Å². The molecule has 0 aliphatic rings. The van der Waals surface area contributed by atoms with Gasteiger partial charge in [0.1, 0.15) is 5.75 Å². The number of benzene rings is 2. The van der Waals surface area contributed by atoms with E-state index in [4.69, 9.17) is 4.74 Å². The van der Waals surface area contributed by atoms with E-state index in [0.29, 0.717) is 6.61 Å². The zero-order chi connectivity index (χ0) is 15.1. The number of rotatable bonds is 7. The van der Waals surface area contributed by atoms with E-state index in [2.05, 4.69) is 58.5 Å². The summed E-state index contributed by atoms with van der Waals surface area (Å²) in [6, 6.07) is 16.9. The molecule has 2 aromatic rings. The second-order valence-corrected chi connectivity index (χ2v) is 5.83. The summed E-state index contributed by atoms with van der Waals surface area (Å²) in [6.45, 7) is 5.84. The zero-order valence-electron chi connectivity index (χ0n) is 12.6. The second kappa shape index (κ2) is 8.20. The minimum Gasteiger partial charge on any atom is -0.494 e. The number of halogens is 1. The van der Waals surface area contributed by atoms with Crippen molar-refractivity contribution in [2.45, 2.75) is 26.3 Å². The zero-order valence-corrected chi connectivity index (χ0v) is 14.2. The Kier molecular flexibility index (Phi) is 6.27. The van der Waals surface area contributed by atoms with E-state index in [1.165, 1.54) is 11.1 Å². The third-order valence-corrected chi connectivity index (χ3v) is 3.81. The van der Waals surface area contributed by atoms with Crippen LogP contribution in [0.5, 0.6) is 5.75 Å². The molecule has 0 radical (unpaired) electrons. The van der Waals surface area contributed by atoms with Crippen molar-refractivity contribution in [3.63, 3.8) is 0 Å². The molecule has 0 saturated carbocycles. The van der Waals surface area contributed by atoms with Crippen LogP contribution in [-0.2, 0) is 0 Å². The average molecular weight is 348 g/mol. The van der Waals surface area contributed by atoms with Gasteiger partial charge in [0.2, 0.25) is 0 Å². The monoisotopic (exact) mass is 347 g/mol. The van der Waals surface area contributed by atoms with Gasteiger partial charge in [-0.25, -0.2) is 0 Å². The lowest BCUT2D eigenvalue weighted by molar-refractivity contribution is 0.333. The van der Waals surface area contributed by atoms with Gasteiger partial charge in [0.15, 0.2) is 0 Å². The molecule has 1 unspecified atom stereocenters. The highest BCUT2D eigenvalue weighted by Crippen LogP contribution is 2.32. The van der Waals surface area contributed by atoms with Crippen molar-refractivity contribution < 1.29 is 4.74 Å². The molecule has 2 aromatic carbocycles. The fraction of sp³-hybridized carbons (Fsp3) is 0.333. The van der Waals surface area contributed by atoms with Crippen LogP contribution in [0.3, 0.4) is 0 Å². The molecular formula is C18H22BrNO. The summed E-state index contributed by atoms with van der Waals surface area (Å²) in [6.07, 6.45) is 1.10. The summed E-state index contributed by atoms with van der Waals surface area (Å²) in [7, 11) is 0. The van der Waals surface area contributed by atoms with Crippen molar-refractivity contribution in [2.75, 3.05) is 13.2 Å². The molecule has 0 aliphatic carbocycles. The Morgan fingerprint density at radius 1 is 1.10 bits per heavy atom. The number of nitrogens with one attached hydrogen (secondary N) is 1. The molecule has 0 fully saturated rings. The molecule has 2 nitrogen and oxygen atoms in total. The SMILES string of the molecule is CCCNC(c1ccccc1)c1cc(Br)ccc1OCC. The van der Waals surface area contributed by atoms with Gasteiger partial charge in [0, 0.05) is 10.0 Å². The quantitative estimate of drug-likeness (QED) is 0.765. The summed E-state index contributed by atoms with van der Waals surface area (Å²) in [5, 5.41) is 3.63. The fourth-order valence-electron chi connectivity index (χ4n) is 2.37. The first-order valence-corrected chi connectivity index (χ1v) is 8.26. The molecule has 1 N–H and O–H groups in total. The van der Waals surface area contributed by atoms with Gasteiger partial charge in [-0.3, -0.25) is 0 Å². The Bertz CT molecular complexity index is 556. The van der Waals surface area contributed by atoms with Crippen molar-refractivity contribution in [3.8, 4) is 5.75 Å². The van der Waals surface area contributed by atoms with E-state index in [1.54, 1.807) is 0 Å². The van der Waals surface area contributed by atoms with Gasteiger partial charge in [-0.05, 0) is 43.7 Å². The summed E-state index contributed by atoms with van der Waals surface area (Å²) >= 11 is 3.57. The van der Waals surface area contributed by atoms with Gasteiger partial charge in [0.25, 0.3) is 0 Å². The van der Waals surface area contributed by atoms with Crippen LogP contribution in [0.2, 0.25) is 0 Å². The highest BCUT2D eigenvalue weighted by atomic mass is 79.9. The Morgan fingerprint density at radius 2 is 1.86 bits per heavy atom. The Balaban J connectivity index is 2.42. The largest absolute Gasteiger partial charge is 0.494 e. The first-order valence-electron chi connectivity index (χ1n) is 7.46. The molecular weight excluding hydrogens is 326 g/mol.